The SMILES string of the molecule is CC(=O)N[C@H]1[C@H](O[C@H]2[C@@H](O)[C@@H](CO)O[C@@H](O[C@H]3[C@@H](O)[C@@H](CO)OC(O)[C@@H]3NC(C)=O)[C@@H]2O)O[C@H](CO)[C@@H](O)[C@@H]1O. The molecule has 232 valence electrons. The first-order valence-electron chi connectivity index (χ1n) is 12.6. The Morgan fingerprint density at radius 2 is 1.05 bits per heavy atom. The molecule has 3 fully saturated rings. The van der Waals surface area contributed by atoms with Crippen molar-refractivity contribution >= 4 is 11.8 Å². The highest BCUT2D eigenvalue weighted by molar-refractivity contribution is 5.73. The van der Waals surface area contributed by atoms with Gasteiger partial charge in [-0.25, -0.2) is 0 Å². The minimum Gasteiger partial charge on any atom is -0.394 e. The molecule has 15 atom stereocenters. The third-order valence-electron chi connectivity index (χ3n) is 6.90. The summed E-state index contributed by atoms with van der Waals surface area (Å²) in [5, 5.41) is 97.2. The highest BCUT2D eigenvalue weighted by Crippen LogP contribution is 2.32. The van der Waals surface area contributed by atoms with Crippen LogP contribution in [0, 0.1) is 0 Å². The first kappa shape index (κ1) is 32.9. The Labute approximate surface area is 228 Å². The molecule has 3 saturated heterocycles. The van der Waals surface area contributed by atoms with E-state index in [0.717, 1.165) is 13.8 Å². The Morgan fingerprint density at radius 3 is 1.60 bits per heavy atom. The summed E-state index contributed by atoms with van der Waals surface area (Å²) in [4.78, 5) is 23.4. The molecule has 1 unspecified atom stereocenters. The molecule has 11 N–H and O–H groups in total. The topological polar surface area (TPSA) is 286 Å². The average molecular weight is 587 g/mol. The van der Waals surface area contributed by atoms with Crippen molar-refractivity contribution in [3.63, 3.8) is 0 Å². The quantitative estimate of drug-likeness (QED) is 0.120. The van der Waals surface area contributed by atoms with Crippen molar-refractivity contribution in [1.82, 2.24) is 10.6 Å². The summed E-state index contributed by atoms with van der Waals surface area (Å²) in [7, 11) is 0. The van der Waals surface area contributed by atoms with E-state index in [2.05, 4.69) is 10.6 Å². The second-order valence-electron chi connectivity index (χ2n) is 9.81. The van der Waals surface area contributed by atoms with Crippen molar-refractivity contribution in [1.29, 1.82) is 0 Å². The largest absolute Gasteiger partial charge is 0.394 e. The lowest BCUT2D eigenvalue weighted by Crippen LogP contribution is -2.69. The molecule has 40 heavy (non-hydrogen) atoms. The van der Waals surface area contributed by atoms with Crippen molar-refractivity contribution in [2.45, 2.75) is 106 Å². The molecule has 0 aliphatic carbocycles. The van der Waals surface area contributed by atoms with Crippen LogP contribution in [-0.4, -0.2) is 170 Å². The maximum atomic E-state index is 11.7. The number of aliphatic hydroxyl groups excluding tert-OH is 9. The molecule has 2 amide bonds. The second-order valence-corrected chi connectivity index (χ2v) is 9.81. The Hall–Kier alpha value is -1.62. The molecule has 0 saturated carbocycles. The molecular weight excluding hydrogens is 548 g/mol. The van der Waals surface area contributed by atoms with Gasteiger partial charge >= 0.3 is 0 Å². The fourth-order valence-corrected chi connectivity index (χ4v) is 4.86. The first-order valence-corrected chi connectivity index (χ1v) is 12.6. The number of ether oxygens (including phenoxy) is 5. The lowest BCUT2D eigenvalue weighted by atomic mass is 9.94. The van der Waals surface area contributed by atoms with Gasteiger partial charge in [-0.05, 0) is 0 Å². The molecule has 3 rings (SSSR count). The number of nitrogens with one attached hydrogen (secondary N) is 2. The van der Waals surface area contributed by atoms with Crippen LogP contribution < -0.4 is 10.6 Å². The predicted molar refractivity (Wildman–Crippen MR) is 124 cm³/mol. The van der Waals surface area contributed by atoms with Gasteiger partial charge in [0.1, 0.15) is 73.1 Å². The van der Waals surface area contributed by atoms with E-state index < -0.39 is 124 Å². The van der Waals surface area contributed by atoms with Crippen LogP contribution in [0.4, 0.5) is 0 Å². The molecular formula is C22H38N2O16. The van der Waals surface area contributed by atoms with Gasteiger partial charge in [-0.3, -0.25) is 9.59 Å². The maximum Gasteiger partial charge on any atom is 0.217 e. The van der Waals surface area contributed by atoms with Crippen LogP contribution in [0.3, 0.4) is 0 Å². The Morgan fingerprint density at radius 1 is 0.600 bits per heavy atom. The smallest absolute Gasteiger partial charge is 0.217 e. The minimum atomic E-state index is -1.94. The van der Waals surface area contributed by atoms with Crippen molar-refractivity contribution in [2.24, 2.45) is 0 Å². The van der Waals surface area contributed by atoms with Crippen LogP contribution >= 0.6 is 0 Å². The van der Waals surface area contributed by atoms with Crippen LogP contribution in [0.1, 0.15) is 13.8 Å². The van der Waals surface area contributed by atoms with E-state index in [1.54, 1.807) is 0 Å². The Kier molecular flexibility index (Phi) is 11.5. The van der Waals surface area contributed by atoms with Gasteiger partial charge in [0.2, 0.25) is 11.8 Å². The molecule has 0 radical (unpaired) electrons. The van der Waals surface area contributed by atoms with E-state index >= 15 is 0 Å². The molecule has 3 aliphatic heterocycles. The molecule has 0 spiro atoms. The number of aliphatic hydroxyl groups is 9. The molecule has 18 nitrogen and oxygen atoms in total. The van der Waals surface area contributed by atoms with Crippen molar-refractivity contribution in [3.05, 3.63) is 0 Å². The fourth-order valence-electron chi connectivity index (χ4n) is 4.86. The van der Waals surface area contributed by atoms with Crippen molar-refractivity contribution in [2.75, 3.05) is 19.8 Å². The van der Waals surface area contributed by atoms with Crippen LogP contribution in [-0.2, 0) is 33.3 Å². The number of hydrogen-bond acceptors (Lipinski definition) is 16. The highest BCUT2D eigenvalue weighted by Gasteiger charge is 2.54. The van der Waals surface area contributed by atoms with E-state index in [4.69, 9.17) is 23.7 Å². The van der Waals surface area contributed by atoms with Gasteiger partial charge in [-0.1, -0.05) is 0 Å². The van der Waals surface area contributed by atoms with Crippen LogP contribution in [0.25, 0.3) is 0 Å². The maximum absolute atomic E-state index is 11.7. The molecule has 0 aromatic carbocycles. The minimum absolute atomic E-state index is 0.650. The molecule has 18 heteroatoms. The molecule has 3 heterocycles. The zero-order valence-electron chi connectivity index (χ0n) is 21.7. The number of amides is 2. The van der Waals surface area contributed by atoms with Gasteiger partial charge in [0, 0.05) is 13.8 Å². The summed E-state index contributed by atoms with van der Waals surface area (Å²) in [5.74, 6) is -1.31. The summed E-state index contributed by atoms with van der Waals surface area (Å²) in [6.07, 6.45) is -21.5. The van der Waals surface area contributed by atoms with Gasteiger partial charge < -0.3 is 80.3 Å². The molecule has 3 aliphatic rings. The zero-order valence-corrected chi connectivity index (χ0v) is 21.7. The van der Waals surface area contributed by atoms with Gasteiger partial charge in [0.25, 0.3) is 0 Å². The number of carbonyl (C=O) groups excluding carboxylic acids is 2. The van der Waals surface area contributed by atoms with Gasteiger partial charge in [0.05, 0.1) is 19.8 Å². The summed E-state index contributed by atoms with van der Waals surface area (Å²) in [5.41, 5.74) is 0. The summed E-state index contributed by atoms with van der Waals surface area (Å²) < 4.78 is 27.5. The zero-order chi connectivity index (χ0) is 29.9. The third-order valence-corrected chi connectivity index (χ3v) is 6.90. The predicted octanol–water partition coefficient (Wildman–Crippen LogP) is -7.29. The lowest BCUT2D eigenvalue weighted by Gasteiger charge is -2.49. The third kappa shape index (κ3) is 7.05. The van der Waals surface area contributed by atoms with Crippen LogP contribution in [0.2, 0.25) is 0 Å². The molecule has 0 aromatic rings. The number of carbonyl (C=O) groups is 2. The normalized spacial score (nSPS) is 46.0. The first-order chi connectivity index (χ1) is 18.8. The summed E-state index contributed by atoms with van der Waals surface area (Å²) in [6, 6.07) is -2.86. The van der Waals surface area contributed by atoms with Crippen LogP contribution in [0.15, 0.2) is 0 Å². The number of hydrogen-bond donors (Lipinski definition) is 11. The van der Waals surface area contributed by atoms with Crippen molar-refractivity contribution in [3.8, 4) is 0 Å². The Balaban J connectivity index is 1.88. The Bertz CT molecular complexity index is 854. The van der Waals surface area contributed by atoms with E-state index in [-0.39, 0.29) is 0 Å². The van der Waals surface area contributed by atoms with Gasteiger partial charge in [0.15, 0.2) is 18.9 Å². The highest BCUT2D eigenvalue weighted by atomic mass is 16.7. The number of rotatable bonds is 9. The standard InChI is InChI=1S/C22H38N2O16/c1-6(28)23-11-16(33)13(30)8(3-25)37-21(11)40-19-15(32)10(5-27)38-22(17(19)34)39-18-12(24-7(2)29)20(35)36-9(4-26)14(18)31/h8-22,25-27,30-35H,3-5H2,1-2H3,(H,23,28)(H,24,29)/t8-,9-,10-,11-,12-,13-,14+,15+,16-,17-,18-,19+,20?,21+,22+/m1/s1. The lowest BCUT2D eigenvalue weighted by molar-refractivity contribution is -0.365. The van der Waals surface area contributed by atoms with Crippen molar-refractivity contribution < 1.29 is 79.2 Å². The van der Waals surface area contributed by atoms with E-state index in [1.165, 1.54) is 0 Å². The summed E-state index contributed by atoms with van der Waals surface area (Å²) in [6.45, 7) is -0.135. The second kappa shape index (κ2) is 14.0. The van der Waals surface area contributed by atoms with Gasteiger partial charge in [-0.15, -0.1) is 0 Å². The average Bonchev–Trinajstić information content (AvgIpc) is 2.90. The molecule has 0 bridgehead atoms. The summed E-state index contributed by atoms with van der Waals surface area (Å²) >= 11 is 0. The molecule has 0 aromatic heterocycles. The van der Waals surface area contributed by atoms with E-state index in [1.807, 2.05) is 0 Å². The van der Waals surface area contributed by atoms with E-state index in [0.29, 0.717) is 0 Å². The van der Waals surface area contributed by atoms with Gasteiger partial charge in [-0.2, -0.15) is 0 Å². The monoisotopic (exact) mass is 586 g/mol. The van der Waals surface area contributed by atoms with E-state index in [9.17, 15) is 55.5 Å². The van der Waals surface area contributed by atoms with Crippen LogP contribution in [0.5, 0.6) is 0 Å². The fraction of sp³-hybridized carbons (Fsp3) is 0.909.